The molecule has 98 valence electrons. The van der Waals surface area contributed by atoms with Gasteiger partial charge in [-0.1, -0.05) is 35.6 Å². The zero-order valence-corrected chi connectivity index (χ0v) is 11.5. The number of ether oxygens (including phenoxy) is 1. The minimum Gasteiger partial charge on any atom is -0.496 e. The third kappa shape index (κ3) is 1.65. The quantitative estimate of drug-likeness (QED) is 0.567. The van der Waals surface area contributed by atoms with Gasteiger partial charge in [0.1, 0.15) is 12.1 Å². The van der Waals surface area contributed by atoms with Gasteiger partial charge >= 0.3 is 0 Å². The summed E-state index contributed by atoms with van der Waals surface area (Å²) in [6, 6.07) is 12.3. The van der Waals surface area contributed by atoms with Crippen molar-refractivity contribution in [3.8, 4) is 16.3 Å². The van der Waals surface area contributed by atoms with E-state index in [2.05, 4.69) is 33.5 Å². The highest BCUT2D eigenvalue weighted by Gasteiger charge is 2.13. The second-order valence-corrected chi connectivity index (χ2v) is 5.32. The van der Waals surface area contributed by atoms with Crippen molar-refractivity contribution in [3.63, 3.8) is 0 Å². The van der Waals surface area contributed by atoms with Gasteiger partial charge in [0, 0.05) is 0 Å². The molecule has 20 heavy (non-hydrogen) atoms. The zero-order valence-electron chi connectivity index (χ0n) is 10.6. The molecule has 0 spiro atoms. The molecule has 2 aromatic carbocycles. The molecular weight excluding hydrogens is 272 g/mol. The lowest BCUT2D eigenvalue weighted by Gasteiger charge is -2.07. The van der Waals surface area contributed by atoms with E-state index in [0.29, 0.717) is 0 Å². The molecule has 0 saturated carbocycles. The molecule has 0 N–H and O–H groups in total. The fraction of sp³-hybridized carbons (Fsp3) is 0.0714. The van der Waals surface area contributed by atoms with Crippen LogP contribution in [-0.2, 0) is 0 Å². The van der Waals surface area contributed by atoms with Gasteiger partial charge in [-0.3, -0.25) is 0 Å². The smallest absolute Gasteiger partial charge is 0.234 e. The summed E-state index contributed by atoms with van der Waals surface area (Å²) in [6.07, 6.45) is 1.60. The van der Waals surface area contributed by atoms with Crippen molar-refractivity contribution in [2.45, 2.75) is 0 Å². The SMILES string of the molecule is COc1cc2ccccc2cc1-c1nn2cnnc2s1. The normalized spacial score (nSPS) is 11.2. The van der Waals surface area contributed by atoms with Gasteiger partial charge in [0.2, 0.25) is 4.96 Å². The summed E-state index contributed by atoms with van der Waals surface area (Å²) in [4.78, 5) is 0.773. The largest absolute Gasteiger partial charge is 0.496 e. The number of hydrogen-bond donors (Lipinski definition) is 0. The maximum Gasteiger partial charge on any atom is 0.234 e. The number of fused-ring (bicyclic) bond motifs is 2. The molecule has 2 heterocycles. The van der Waals surface area contributed by atoms with Crippen molar-refractivity contribution in [1.29, 1.82) is 0 Å². The van der Waals surface area contributed by atoms with E-state index in [1.54, 1.807) is 18.0 Å². The molecule has 5 nitrogen and oxygen atoms in total. The number of aromatic nitrogens is 4. The van der Waals surface area contributed by atoms with E-state index in [9.17, 15) is 0 Å². The third-order valence-corrected chi connectivity index (χ3v) is 4.13. The van der Waals surface area contributed by atoms with Crippen molar-refractivity contribution in [3.05, 3.63) is 42.7 Å². The number of nitrogens with zero attached hydrogens (tertiary/aromatic N) is 4. The summed E-state index contributed by atoms with van der Waals surface area (Å²) in [5.74, 6) is 0.814. The fourth-order valence-electron chi connectivity index (χ4n) is 2.22. The highest BCUT2D eigenvalue weighted by Crippen LogP contribution is 2.35. The van der Waals surface area contributed by atoms with E-state index in [1.807, 2.05) is 18.2 Å². The summed E-state index contributed by atoms with van der Waals surface area (Å²) >= 11 is 1.49. The molecule has 0 aliphatic rings. The second kappa shape index (κ2) is 4.28. The number of methoxy groups -OCH3 is 1. The molecule has 6 heteroatoms. The van der Waals surface area contributed by atoms with Gasteiger partial charge in [-0.2, -0.15) is 9.61 Å². The monoisotopic (exact) mass is 282 g/mol. The van der Waals surface area contributed by atoms with Crippen molar-refractivity contribution in [2.75, 3.05) is 7.11 Å². The molecule has 2 aromatic heterocycles. The van der Waals surface area contributed by atoms with Crippen molar-refractivity contribution < 1.29 is 4.74 Å². The molecule has 0 aliphatic carbocycles. The Morgan fingerprint density at radius 1 is 1.15 bits per heavy atom. The zero-order chi connectivity index (χ0) is 13.5. The number of benzene rings is 2. The van der Waals surface area contributed by atoms with Crippen LogP contribution in [0.2, 0.25) is 0 Å². The van der Waals surface area contributed by atoms with Crippen LogP contribution < -0.4 is 4.74 Å². The highest BCUT2D eigenvalue weighted by molar-refractivity contribution is 7.19. The molecule has 0 unspecified atom stereocenters. The second-order valence-electron chi connectivity index (χ2n) is 4.36. The lowest BCUT2D eigenvalue weighted by molar-refractivity contribution is 0.417. The van der Waals surface area contributed by atoms with E-state index in [4.69, 9.17) is 4.74 Å². The molecule has 0 saturated heterocycles. The lowest BCUT2D eigenvalue weighted by Crippen LogP contribution is -1.89. The lowest BCUT2D eigenvalue weighted by atomic mass is 10.1. The number of hydrogen-bond acceptors (Lipinski definition) is 5. The Morgan fingerprint density at radius 3 is 2.70 bits per heavy atom. The molecule has 0 radical (unpaired) electrons. The predicted molar refractivity (Wildman–Crippen MR) is 78.2 cm³/mol. The van der Waals surface area contributed by atoms with E-state index in [0.717, 1.165) is 32.1 Å². The first kappa shape index (κ1) is 11.4. The van der Waals surface area contributed by atoms with Gasteiger partial charge in [-0.15, -0.1) is 10.2 Å². The van der Waals surface area contributed by atoms with Gasteiger partial charge in [0.25, 0.3) is 0 Å². The summed E-state index contributed by atoms with van der Waals surface area (Å²) < 4.78 is 7.18. The van der Waals surface area contributed by atoms with Crippen LogP contribution in [-0.4, -0.2) is 26.9 Å². The van der Waals surface area contributed by atoms with Crippen molar-refractivity contribution in [2.24, 2.45) is 0 Å². The predicted octanol–water partition coefficient (Wildman–Crippen LogP) is 3.01. The first-order chi connectivity index (χ1) is 9.85. The first-order valence-electron chi connectivity index (χ1n) is 6.09. The first-order valence-corrected chi connectivity index (χ1v) is 6.91. The van der Waals surface area contributed by atoms with Gasteiger partial charge in [0.15, 0.2) is 5.01 Å². The molecule has 0 atom stereocenters. The van der Waals surface area contributed by atoms with E-state index >= 15 is 0 Å². The Balaban J connectivity index is 1.99. The van der Waals surface area contributed by atoms with E-state index < -0.39 is 0 Å². The average molecular weight is 282 g/mol. The highest BCUT2D eigenvalue weighted by atomic mass is 32.1. The Bertz CT molecular complexity index is 883. The maximum absolute atomic E-state index is 5.50. The van der Waals surface area contributed by atoms with Gasteiger partial charge in [0.05, 0.1) is 12.7 Å². The number of rotatable bonds is 2. The summed E-state index contributed by atoms with van der Waals surface area (Å²) in [6.45, 7) is 0. The summed E-state index contributed by atoms with van der Waals surface area (Å²) in [5.41, 5.74) is 0.974. The van der Waals surface area contributed by atoms with E-state index in [1.165, 1.54) is 11.3 Å². The molecule has 4 aromatic rings. The Labute approximate surface area is 118 Å². The molecule has 0 amide bonds. The Hall–Kier alpha value is -2.47. The van der Waals surface area contributed by atoms with Gasteiger partial charge in [-0.05, 0) is 22.9 Å². The Morgan fingerprint density at radius 2 is 1.95 bits per heavy atom. The molecule has 4 rings (SSSR count). The van der Waals surface area contributed by atoms with Crippen molar-refractivity contribution in [1.82, 2.24) is 19.8 Å². The van der Waals surface area contributed by atoms with Crippen LogP contribution in [0.3, 0.4) is 0 Å². The standard InChI is InChI=1S/C14H10N4OS/c1-19-12-7-10-5-3-2-4-9(10)6-11(12)13-17-18-8-15-16-14(18)20-13/h2-8H,1H3. The van der Waals surface area contributed by atoms with Crippen LogP contribution >= 0.6 is 11.3 Å². The third-order valence-electron chi connectivity index (χ3n) is 3.19. The average Bonchev–Trinajstić information content (AvgIpc) is 3.07. The molecule has 0 aliphatic heterocycles. The van der Waals surface area contributed by atoms with E-state index in [-0.39, 0.29) is 0 Å². The Kier molecular flexibility index (Phi) is 2.43. The summed E-state index contributed by atoms with van der Waals surface area (Å²) in [5, 5.41) is 15.5. The summed E-state index contributed by atoms with van der Waals surface area (Å²) in [7, 11) is 1.67. The molecule has 0 fully saturated rings. The van der Waals surface area contributed by atoms with Crippen molar-refractivity contribution >= 4 is 27.1 Å². The minimum atomic E-state index is 0.773. The topological polar surface area (TPSA) is 52.3 Å². The van der Waals surface area contributed by atoms with Gasteiger partial charge < -0.3 is 4.74 Å². The van der Waals surface area contributed by atoms with Gasteiger partial charge in [-0.25, -0.2) is 0 Å². The molecule has 0 bridgehead atoms. The van der Waals surface area contributed by atoms with Crippen LogP contribution in [0.15, 0.2) is 42.7 Å². The van der Waals surface area contributed by atoms with Crippen LogP contribution in [0.25, 0.3) is 26.3 Å². The fourth-order valence-corrected chi connectivity index (χ4v) is 3.06. The minimum absolute atomic E-state index is 0.773. The maximum atomic E-state index is 5.50. The van der Waals surface area contributed by atoms with Crippen LogP contribution in [0, 0.1) is 0 Å². The van der Waals surface area contributed by atoms with Crippen LogP contribution in [0.5, 0.6) is 5.75 Å². The molecular formula is C14H10N4OS. The van der Waals surface area contributed by atoms with Crippen LogP contribution in [0.4, 0.5) is 0 Å². The van der Waals surface area contributed by atoms with Crippen LogP contribution in [0.1, 0.15) is 0 Å².